The van der Waals surface area contributed by atoms with Crippen molar-refractivity contribution in [2.24, 2.45) is 0 Å². The van der Waals surface area contributed by atoms with Gasteiger partial charge in [0.1, 0.15) is 11.9 Å². The summed E-state index contributed by atoms with van der Waals surface area (Å²) in [6.07, 6.45) is 0. The van der Waals surface area contributed by atoms with Gasteiger partial charge in [-0.3, -0.25) is 0 Å². The maximum Gasteiger partial charge on any atom is 0.224 e. The van der Waals surface area contributed by atoms with Gasteiger partial charge in [0.05, 0.1) is 23.2 Å². The highest BCUT2D eigenvalue weighted by molar-refractivity contribution is 6.15. The summed E-state index contributed by atoms with van der Waals surface area (Å²) in [6.45, 7) is 7.30. The van der Waals surface area contributed by atoms with Crippen molar-refractivity contribution in [3.63, 3.8) is 0 Å². The predicted molar refractivity (Wildman–Crippen MR) is 117 cm³/mol. The molecule has 140 valence electrons. The SMILES string of the molecule is [C-]#[N+]c1cc(-c2cccc3c2c2ccccc2n3-c2ccccc2)cc(C#N)c1F. The first-order chi connectivity index (χ1) is 14.7. The third kappa shape index (κ3) is 2.56. The summed E-state index contributed by atoms with van der Waals surface area (Å²) >= 11 is 0. The molecule has 0 fully saturated rings. The zero-order valence-electron chi connectivity index (χ0n) is 15.8. The van der Waals surface area contributed by atoms with Crippen LogP contribution in [0.5, 0.6) is 0 Å². The zero-order chi connectivity index (χ0) is 20.7. The number of benzene rings is 4. The normalized spacial score (nSPS) is 10.8. The van der Waals surface area contributed by atoms with E-state index in [0.29, 0.717) is 5.56 Å². The topological polar surface area (TPSA) is 33.1 Å². The Labute approximate surface area is 172 Å². The largest absolute Gasteiger partial charge is 0.309 e. The van der Waals surface area contributed by atoms with Gasteiger partial charge in [0.25, 0.3) is 0 Å². The summed E-state index contributed by atoms with van der Waals surface area (Å²) in [4.78, 5) is 3.28. The summed E-state index contributed by atoms with van der Waals surface area (Å²) in [5.74, 6) is -0.768. The van der Waals surface area contributed by atoms with Crippen molar-refractivity contribution in [1.82, 2.24) is 4.57 Å². The monoisotopic (exact) mass is 387 g/mol. The van der Waals surface area contributed by atoms with Crippen LogP contribution in [0.2, 0.25) is 0 Å². The molecule has 0 unspecified atom stereocenters. The number of hydrogen-bond acceptors (Lipinski definition) is 1. The molecule has 0 saturated heterocycles. The quantitative estimate of drug-likeness (QED) is 0.300. The van der Waals surface area contributed by atoms with Crippen molar-refractivity contribution in [1.29, 1.82) is 5.26 Å². The molecular formula is C26H14FN3. The molecule has 0 bridgehead atoms. The highest BCUT2D eigenvalue weighted by Crippen LogP contribution is 2.40. The van der Waals surface area contributed by atoms with Crippen LogP contribution in [0.15, 0.2) is 84.9 Å². The molecule has 5 aromatic rings. The lowest BCUT2D eigenvalue weighted by Gasteiger charge is -2.09. The Bertz CT molecular complexity index is 1480. The van der Waals surface area contributed by atoms with Crippen LogP contribution in [0, 0.1) is 23.7 Å². The standard InChI is InChI=1S/C26H14FN3/c1-29-22-15-17(14-18(16-28)26(22)27)20-11-7-13-24-25(20)21-10-5-6-12-23(21)30(24)19-8-3-2-4-9-19/h2-15H. The smallest absolute Gasteiger partial charge is 0.224 e. The summed E-state index contributed by atoms with van der Waals surface area (Å²) in [7, 11) is 0. The third-order valence-electron chi connectivity index (χ3n) is 5.32. The number of nitrogens with zero attached hydrogens (tertiary/aromatic N) is 3. The molecule has 3 nitrogen and oxygen atoms in total. The minimum Gasteiger partial charge on any atom is -0.309 e. The van der Waals surface area contributed by atoms with Gasteiger partial charge in [-0.05, 0) is 47.5 Å². The van der Waals surface area contributed by atoms with E-state index in [4.69, 9.17) is 6.57 Å². The molecule has 0 aliphatic rings. The summed E-state index contributed by atoms with van der Waals surface area (Å²) in [5.41, 5.74) is 4.35. The van der Waals surface area contributed by atoms with Gasteiger partial charge in [0.2, 0.25) is 5.69 Å². The minimum absolute atomic E-state index is 0.123. The summed E-state index contributed by atoms with van der Waals surface area (Å²) < 4.78 is 16.5. The van der Waals surface area contributed by atoms with Crippen LogP contribution in [-0.4, -0.2) is 4.57 Å². The minimum atomic E-state index is -0.768. The first-order valence-corrected chi connectivity index (χ1v) is 9.42. The molecule has 0 saturated carbocycles. The highest BCUT2D eigenvalue weighted by Gasteiger charge is 2.18. The molecule has 0 amide bonds. The van der Waals surface area contributed by atoms with E-state index in [-0.39, 0.29) is 11.3 Å². The molecule has 0 radical (unpaired) electrons. The van der Waals surface area contributed by atoms with Crippen molar-refractivity contribution >= 4 is 27.5 Å². The van der Waals surface area contributed by atoms with Crippen molar-refractivity contribution in [3.8, 4) is 22.9 Å². The lowest BCUT2D eigenvalue weighted by Crippen LogP contribution is -1.93. The fourth-order valence-corrected chi connectivity index (χ4v) is 4.04. The number of halogens is 1. The van der Waals surface area contributed by atoms with E-state index in [0.717, 1.165) is 33.1 Å². The lowest BCUT2D eigenvalue weighted by atomic mass is 9.97. The molecule has 30 heavy (non-hydrogen) atoms. The van der Waals surface area contributed by atoms with E-state index in [1.54, 1.807) is 0 Å². The second kappa shape index (κ2) is 6.88. The molecule has 4 heteroatoms. The number of aromatic nitrogens is 1. The average Bonchev–Trinajstić information content (AvgIpc) is 3.14. The lowest BCUT2D eigenvalue weighted by molar-refractivity contribution is 0.630. The Hall–Kier alpha value is -4.41. The molecule has 0 aliphatic heterocycles. The third-order valence-corrected chi connectivity index (χ3v) is 5.32. The molecular weight excluding hydrogens is 373 g/mol. The van der Waals surface area contributed by atoms with Crippen LogP contribution in [0.1, 0.15) is 5.56 Å². The highest BCUT2D eigenvalue weighted by atomic mass is 19.1. The van der Waals surface area contributed by atoms with E-state index < -0.39 is 5.82 Å². The Kier molecular flexibility index (Phi) is 4.05. The van der Waals surface area contributed by atoms with Crippen LogP contribution in [0.3, 0.4) is 0 Å². The summed E-state index contributed by atoms with van der Waals surface area (Å²) in [5, 5.41) is 11.4. The number of hydrogen-bond donors (Lipinski definition) is 0. The molecule has 0 atom stereocenters. The van der Waals surface area contributed by atoms with Crippen molar-refractivity contribution in [2.75, 3.05) is 0 Å². The fraction of sp³-hybridized carbons (Fsp3) is 0. The van der Waals surface area contributed by atoms with Crippen LogP contribution in [-0.2, 0) is 0 Å². The Morgan fingerprint density at radius 1 is 0.867 bits per heavy atom. The molecule has 5 rings (SSSR count). The number of fused-ring (bicyclic) bond motifs is 3. The first-order valence-electron chi connectivity index (χ1n) is 9.42. The van der Waals surface area contributed by atoms with Gasteiger partial charge >= 0.3 is 0 Å². The van der Waals surface area contributed by atoms with E-state index >= 15 is 0 Å². The number of rotatable bonds is 2. The summed E-state index contributed by atoms with van der Waals surface area (Å²) in [6, 6.07) is 29.1. The van der Waals surface area contributed by atoms with Crippen LogP contribution in [0.25, 0.3) is 43.5 Å². The van der Waals surface area contributed by atoms with E-state index in [1.165, 1.54) is 12.1 Å². The van der Waals surface area contributed by atoms with Crippen molar-refractivity contribution < 1.29 is 4.39 Å². The number of para-hydroxylation sites is 2. The van der Waals surface area contributed by atoms with Gasteiger partial charge in [-0.1, -0.05) is 48.5 Å². The average molecular weight is 387 g/mol. The molecule has 0 spiro atoms. The maximum atomic E-state index is 14.3. The number of nitriles is 1. The molecule has 4 aromatic carbocycles. The van der Waals surface area contributed by atoms with Gasteiger partial charge in [0, 0.05) is 16.5 Å². The molecule has 1 heterocycles. The second-order valence-corrected chi connectivity index (χ2v) is 6.97. The van der Waals surface area contributed by atoms with Gasteiger partial charge < -0.3 is 4.57 Å². The van der Waals surface area contributed by atoms with Crippen LogP contribution < -0.4 is 0 Å². The molecule has 0 aliphatic carbocycles. The van der Waals surface area contributed by atoms with Crippen LogP contribution in [0.4, 0.5) is 10.1 Å². The fourth-order valence-electron chi connectivity index (χ4n) is 4.04. The molecule has 0 N–H and O–H groups in total. The van der Waals surface area contributed by atoms with Crippen molar-refractivity contribution in [3.05, 3.63) is 108 Å². The second-order valence-electron chi connectivity index (χ2n) is 6.97. The maximum absolute atomic E-state index is 14.3. The predicted octanol–water partition coefficient (Wildman–Crippen LogP) is 7.01. The van der Waals surface area contributed by atoms with E-state index in [9.17, 15) is 9.65 Å². The van der Waals surface area contributed by atoms with E-state index in [1.807, 2.05) is 48.5 Å². The Balaban J connectivity index is 1.92. The van der Waals surface area contributed by atoms with Gasteiger partial charge in [-0.2, -0.15) is 5.26 Å². The Morgan fingerprint density at radius 3 is 2.37 bits per heavy atom. The van der Waals surface area contributed by atoms with Gasteiger partial charge in [0.15, 0.2) is 0 Å². The van der Waals surface area contributed by atoms with Crippen LogP contribution >= 0.6 is 0 Å². The Morgan fingerprint density at radius 2 is 1.60 bits per heavy atom. The van der Waals surface area contributed by atoms with Gasteiger partial charge in [-0.15, -0.1) is 0 Å². The van der Waals surface area contributed by atoms with Crippen molar-refractivity contribution in [2.45, 2.75) is 0 Å². The zero-order valence-corrected chi connectivity index (χ0v) is 15.8. The van der Waals surface area contributed by atoms with Gasteiger partial charge in [-0.25, -0.2) is 9.24 Å². The van der Waals surface area contributed by atoms with E-state index in [2.05, 4.69) is 39.7 Å². The first kappa shape index (κ1) is 17.7. The molecule has 1 aromatic heterocycles.